The first-order chi connectivity index (χ1) is 13.3. The molecule has 28 heavy (non-hydrogen) atoms. The fourth-order valence-electron chi connectivity index (χ4n) is 2.99. The third-order valence-electron chi connectivity index (χ3n) is 4.40. The van der Waals surface area contributed by atoms with E-state index in [1.165, 1.54) is 24.5 Å². The molecule has 4 nitrogen and oxygen atoms in total. The molecule has 0 saturated carbocycles. The molecule has 0 bridgehead atoms. The topological polar surface area (TPSA) is 52.0 Å². The molecule has 0 spiro atoms. The zero-order chi connectivity index (χ0) is 20.1. The predicted octanol–water partition coefficient (Wildman–Crippen LogP) is 5.80. The van der Waals surface area contributed by atoms with Crippen LogP contribution in [0.2, 0.25) is 5.02 Å². The van der Waals surface area contributed by atoms with Crippen molar-refractivity contribution < 1.29 is 12.8 Å². The average Bonchev–Trinajstić information content (AvgIpc) is 3.03. The number of nitrogens with zero attached hydrogens (tertiary/aromatic N) is 2. The van der Waals surface area contributed by atoms with E-state index in [2.05, 4.69) is 20.9 Å². The number of benzene rings is 2. The molecule has 142 valence electrons. The van der Waals surface area contributed by atoms with Crippen molar-refractivity contribution in [1.82, 2.24) is 8.96 Å². The van der Waals surface area contributed by atoms with Gasteiger partial charge in [0.1, 0.15) is 5.82 Å². The molecule has 0 aliphatic carbocycles. The lowest BCUT2D eigenvalue weighted by molar-refractivity contribution is 0.589. The molecule has 0 atom stereocenters. The first-order valence-corrected chi connectivity index (χ1v) is 10.8. The van der Waals surface area contributed by atoms with E-state index in [-0.39, 0.29) is 15.6 Å². The smallest absolute Gasteiger partial charge is 0.236 e. The Morgan fingerprint density at radius 2 is 1.82 bits per heavy atom. The van der Waals surface area contributed by atoms with E-state index in [1.54, 1.807) is 36.4 Å². The SMILES string of the molecule is Cc1ccc(S(=O)(=O)n2cc(-c3cccc(F)c3Cl)c3cc(Br)cnc32)cc1. The standard InChI is InChI=1S/C20H13BrClFN2O2S/c1-12-5-7-14(8-6-12)28(26,27)25-11-17(15-3-2-4-18(23)19(15)22)16-9-13(21)10-24-20(16)25/h2-11H,1H3. The van der Waals surface area contributed by atoms with Crippen molar-refractivity contribution in [3.8, 4) is 11.1 Å². The van der Waals surface area contributed by atoms with Gasteiger partial charge in [-0.1, -0.05) is 41.4 Å². The number of hydrogen-bond donors (Lipinski definition) is 0. The van der Waals surface area contributed by atoms with Gasteiger partial charge in [0.2, 0.25) is 0 Å². The highest BCUT2D eigenvalue weighted by molar-refractivity contribution is 9.10. The fraction of sp³-hybridized carbons (Fsp3) is 0.0500. The second kappa shape index (κ2) is 6.99. The van der Waals surface area contributed by atoms with Crippen molar-refractivity contribution >= 4 is 48.6 Å². The number of hydrogen-bond acceptors (Lipinski definition) is 3. The van der Waals surface area contributed by atoms with Crippen LogP contribution in [0.15, 0.2) is 70.3 Å². The molecule has 0 radical (unpaired) electrons. The van der Waals surface area contributed by atoms with Crippen molar-refractivity contribution in [2.75, 3.05) is 0 Å². The lowest BCUT2D eigenvalue weighted by Gasteiger charge is -2.07. The highest BCUT2D eigenvalue weighted by atomic mass is 79.9. The summed E-state index contributed by atoms with van der Waals surface area (Å²) in [5, 5.41) is 0.465. The molecule has 0 amide bonds. The summed E-state index contributed by atoms with van der Waals surface area (Å²) in [6, 6.07) is 12.7. The lowest BCUT2D eigenvalue weighted by Crippen LogP contribution is -2.12. The van der Waals surface area contributed by atoms with Crippen molar-refractivity contribution in [3.63, 3.8) is 0 Å². The maximum Gasteiger partial charge on any atom is 0.269 e. The van der Waals surface area contributed by atoms with Crippen LogP contribution in [-0.2, 0) is 10.0 Å². The van der Waals surface area contributed by atoms with Crippen LogP contribution in [0.3, 0.4) is 0 Å². The first kappa shape index (κ1) is 19.1. The average molecular weight is 480 g/mol. The van der Waals surface area contributed by atoms with Gasteiger partial charge in [0, 0.05) is 33.4 Å². The van der Waals surface area contributed by atoms with E-state index in [0.717, 1.165) is 9.54 Å². The Morgan fingerprint density at radius 3 is 2.54 bits per heavy atom. The van der Waals surface area contributed by atoms with Gasteiger partial charge in [-0.25, -0.2) is 21.8 Å². The molecule has 2 heterocycles. The normalized spacial score (nSPS) is 11.9. The molecule has 0 saturated heterocycles. The second-order valence-electron chi connectivity index (χ2n) is 6.28. The number of aromatic nitrogens is 2. The van der Waals surface area contributed by atoms with Crippen molar-refractivity contribution in [2.24, 2.45) is 0 Å². The molecule has 4 aromatic rings. The van der Waals surface area contributed by atoms with Gasteiger partial charge < -0.3 is 0 Å². The third-order valence-corrected chi connectivity index (χ3v) is 6.88. The van der Waals surface area contributed by atoms with Gasteiger partial charge >= 0.3 is 0 Å². The molecule has 2 aromatic heterocycles. The summed E-state index contributed by atoms with van der Waals surface area (Å²) in [4.78, 5) is 4.42. The van der Waals surface area contributed by atoms with Crippen LogP contribution >= 0.6 is 27.5 Å². The summed E-state index contributed by atoms with van der Waals surface area (Å²) in [6.07, 6.45) is 2.94. The molecule has 0 N–H and O–H groups in total. The molecular formula is C20H13BrClFN2O2S. The Morgan fingerprint density at radius 1 is 1.11 bits per heavy atom. The van der Waals surface area contributed by atoms with Gasteiger partial charge in [0.15, 0.2) is 5.65 Å². The van der Waals surface area contributed by atoms with Gasteiger partial charge in [-0.15, -0.1) is 0 Å². The molecular weight excluding hydrogens is 467 g/mol. The van der Waals surface area contributed by atoms with Crippen LogP contribution in [0.4, 0.5) is 4.39 Å². The van der Waals surface area contributed by atoms with E-state index >= 15 is 0 Å². The van der Waals surface area contributed by atoms with E-state index < -0.39 is 15.8 Å². The van der Waals surface area contributed by atoms with Gasteiger partial charge in [0.25, 0.3) is 10.0 Å². The van der Waals surface area contributed by atoms with E-state index in [0.29, 0.717) is 21.0 Å². The number of aryl methyl sites for hydroxylation is 1. The maximum atomic E-state index is 14.0. The minimum atomic E-state index is -3.90. The summed E-state index contributed by atoms with van der Waals surface area (Å²) in [5.74, 6) is -0.579. The summed E-state index contributed by atoms with van der Waals surface area (Å²) in [6.45, 7) is 1.88. The van der Waals surface area contributed by atoms with Crippen LogP contribution in [0.5, 0.6) is 0 Å². The Hall–Kier alpha value is -2.22. The first-order valence-electron chi connectivity index (χ1n) is 8.22. The molecule has 0 unspecified atom stereocenters. The molecule has 0 aliphatic heterocycles. The van der Waals surface area contributed by atoms with E-state index in [1.807, 2.05) is 6.92 Å². The highest BCUT2D eigenvalue weighted by Crippen LogP contribution is 2.37. The summed E-state index contributed by atoms with van der Waals surface area (Å²) in [5.41, 5.74) is 2.05. The number of fused-ring (bicyclic) bond motifs is 1. The third kappa shape index (κ3) is 3.13. The Labute approximate surface area is 174 Å². The molecule has 2 aromatic carbocycles. The Kier molecular flexibility index (Phi) is 4.77. The van der Waals surface area contributed by atoms with Crippen molar-refractivity contribution in [1.29, 1.82) is 0 Å². The maximum absolute atomic E-state index is 14.0. The summed E-state index contributed by atoms with van der Waals surface area (Å²) >= 11 is 9.52. The monoisotopic (exact) mass is 478 g/mol. The van der Waals surface area contributed by atoms with Crippen molar-refractivity contribution in [3.05, 3.63) is 81.8 Å². The zero-order valence-electron chi connectivity index (χ0n) is 14.5. The zero-order valence-corrected chi connectivity index (χ0v) is 17.7. The minimum absolute atomic E-state index is 0.0748. The summed E-state index contributed by atoms with van der Waals surface area (Å²) in [7, 11) is -3.90. The molecule has 8 heteroatoms. The second-order valence-corrected chi connectivity index (χ2v) is 9.39. The van der Waals surface area contributed by atoms with Gasteiger partial charge in [-0.2, -0.15) is 0 Å². The fourth-order valence-corrected chi connectivity index (χ4v) is 4.87. The number of rotatable bonds is 3. The van der Waals surface area contributed by atoms with Crippen LogP contribution in [0.1, 0.15) is 5.56 Å². The predicted molar refractivity (Wildman–Crippen MR) is 112 cm³/mol. The highest BCUT2D eigenvalue weighted by Gasteiger charge is 2.24. The minimum Gasteiger partial charge on any atom is -0.236 e. The Bertz CT molecular complexity index is 1320. The summed E-state index contributed by atoms with van der Waals surface area (Å²) < 4.78 is 42.3. The molecule has 0 fully saturated rings. The van der Waals surface area contributed by atoms with Gasteiger partial charge in [-0.3, -0.25) is 0 Å². The van der Waals surface area contributed by atoms with E-state index in [4.69, 9.17) is 11.6 Å². The van der Waals surface area contributed by atoms with E-state index in [9.17, 15) is 12.8 Å². The van der Waals surface area contributed by atoms with Crippen LogP contribution in [-0.4, -0.2) is 17.4 Å². The molecule has 0 aliphatic rings. The van der Waals surface area contributed by atoms with Crippen LogP contribution in [0, 0.1) is 12.7 Å². The van der Waals surface area contributed by atoms with Crippen LogP contribution < -0.4 is 0 Å². The molecule has 4 rings (SSSR count). The van der Waals surface area contributed by atoms with Crippen molar-refractivity contribution in [2.45, 2.75) is 11.8 Å². The van der Waals surface area contributed by atoms with Gasteiger partial charge in [-0.05, 0) is 47.1 Å². The van der Waals surface area contributed by atoms with Crippen LogP contribution in [0.25, 0.3) is 22.2 Å². The number of halogens is 3. The lowest BCUT2D eigenvalue weighted by atomic mass is 10.1. The van der Waals surface area contributed by atoms with Gasteiger partial charge in [0.05, 0.1) is 9.92 Å². The number of pyridine rings is 1. The Balaban J connectivity index is 2.04. The quantitative estimate of drug-likeness (QED) is 0.373. The largest absolute Gasteiger partial charge is 0.269 e.